The summed E-state index contributed by atoms with van der Waals surface area (Å²) in [6.07, 6.45) is 8.90. The lowest BCUT2D eigenvalue weighted by atomic mass is 9.81. The van der Waals surface area contributed by atoms with E-state index in [9.17, 15) is 4.39 Å². The van der Waals surface area contributed by atoms with Crippen LogP contribution in [0.5, 0.6) is 0 Å². The Kier molecular flexibility index (Phi) is 3.62. The highest BCUT2D eigenvalue weighted by Gasteiger charge is 2.44. The monoisotopic (exact) mass is 261 g/mol. The van der Waals surface area contributed by atoms with Gasteiger partial charge in [-0.05, 0) is 74.8 Å². The zero-order valence-electron chi connectivity index (χ0n) is 11.8. The van der Waals surface area contributed by atoms with Crippen LogP contribution in [0.2, 0.25) is 0 Å². The summed E-state index contributed by atoms with van der Waals surface area (Å²) in [6.45, 7) is 3.23. The second-order valence-electron chi connectivity index (χ2n) is 6.42. The molecule has 1 N–H and O–H groups in total. The van der Waals surface area contributed by atoms with Crippen LogP contribution in [0.3, 0.4) is 0 Å². The molecule has 1 atom stereocenters. The first kappa shape index (κ1) is 13.1. The Morgan fingerprint density at radius 3 is 2.89 bits per heavy atom. The van der Waals surface area contributed by atoms with E-state index in [0.717, 1.165) is 18.9 Å². The van der Waals surface area contributed by atoms with E-state index in [2.05, 4.69) is 12.2 Å². The topological polar surface area (TPSA) is 12.0 Å². The van der Waals surface area contributed by atoms with Crippen molar-refractivity contribution in [3.63, 3.8) is 0 Å². The highest BCUT2D eigenvalue weighted by Crippen LogP contribution is 2.45. The standard InChI is InChI=1S/C17H24FN/c1-13-5-8-16(18)11-14(13)12-17(15-6-7-15)9-3-2-4-10-19-17/h5,8,11,15,19H,2-4,6-7,9-10,12H2,1H3. The van der Waals surface area contributed by atoms with Gasteiger partial charge in [-0.15, -0.1) is 0 Å². The second-order valence-corrected chi connectivity index (χ2v) is 6.42. The van der Waals surface area contributed by atoms with Crippen LogP contribution in [0, 0.1) is 18.7 Å². The number of benzene rings is 1. The first-order valence-electron chi connectivity index (χ1n) is 7.70. The molecule has 0 radical (unpaired) electrons. The van der Waals surface area contributed by atoms with Gasteiger partial charge in [0.25, 0.3) is 0 Å². The molecule has 2 fully saturated rings. The molecule has 0 bridgehead atoms. The van der Waals surface area contributed by atoms with Crippen LogP contribution in [-0.4, -0.2) is 12.1 Å². The van der Waals surface area contributed by atoms with E-state index >= 15 is 0 Å². The summed E-state index contributed by atoms with van der Waals surface area (Å²) in [5.74, 6) is 0.716. The van der Waals surface area contributed by atoms with Gasteiger partial charge in [-0.25, -0.2) is 4.39 Å². The van der Waals surface area contributed by atoms with Gasteiger partial charge in [-0.3, -0.25) is 0 Å². The Bertz CT molecular complexity index is 443. The number of halogens is 1. The van der Waals surface area contributed by atoms with Gasteiger partial charge in [-0.2, -0.15) is 0 Å². The van der Waals surface area contributed by atoms with Crippen molar-refractivity contribution in [2.24, 2.45) is 5.92 Å². The fourth-order valence-electron chi connectivity index (χ4n) is 3.62. The fraction of sp³-hybridized carbons (Fsp3) is 0.647. The molecule has 104 valence electrons. The minimum Gasteiger partial charge on any atom is -0.311 e. The molecule has 0 aromatic heterocycles. The van der Waals surface area contributed by atoms with Crippen LogP contribution >= 0.6 is 0 Å². The molecule has 2 heteroatoms. The van der Waals surface area contributed by atoms with Gasteiger partial charge in [0.15, 0.2) is 0 Å². The van der Waals surface area contributed by atoms with E-state index in [0.29, 0.717) is 0 Å². The van der Waals surface area contributed by atoms with Crippen molar-refractivity contribution in [3.05, 3.63) is 35.1 Å². The maximum atomic E-state index is 13.5. The SMILES string of the molecule is Cc1ccc(F)cc1CC1(C2CC2)CCCCCN1. The van der Waals surface area contributed by atoms with Crippen molar-refractivity contribution in [2.45, 2.75) is 57.4 Å². The van der Waals surface area contributed by atoms with E-state index in [1.807, 2.05) is 6.07 Å². The van der Waals surface area contributed by atoms with Gasteiger partial charge in [-0.1, -0.05) is 18.9 Å². The third-order valence-electron chi connectivity index (χ3n) is 4.95. The molecule has 1 aliphatic carbocycles. The van der Waals surface area contributed by atoms with Crippen molar-refractivity contribution in [1.29, 1.82) is 0 Å². The van der Waals surface area contributed by atoms with Crippen molar-refractivity contribution >= 4 is 0 Å². The van der Waals surface area contributed by atoms with E-state index < -0.39 is 0 Å². The van der Waals surface area contributed by atoms with Crippen LogP contribution < -0.4 is 5.32 Å². The Morgan fingerprint density at radius 1 is 1.26 bits per heavy atom. The van der Waals surface area contributed by atoms with E-state index in [4.69, 9.17) is 0 Å². The van der Waals surface area contributed by atoms with Gasteiger partial charge in [0.2, 0.25) is 0 Å². The van der Waals surface area contributed by atoms with Gasteiger partial charge in [0, 0.05) is 5.54 Å². The molecule has 1 nitrogen and oxygen atoms in total. The quantitative estimate of drug-likeness (QED) is 0.867. The molecule has 1 aromatic carbocycles. The Hall–Kier alpha value is -0.890. The third kappa shape index (κ3) is 2.84. The number of rotatable bonds is 3. The molecule has 1 saturated heterocycles. The van der Waals surface area contributed by atoms with Gasteiger partial charge in [0.1, 0.15) is 5.82 Å². The lowest BCUT2D eigenvalue weighted by Crippen LogP contribution is -2.48. The molecule has 1 unspecified atom stereocenters. The first-order chi connectivity index (χ1) is 9.20. The molecule has 19 heavy (non-hydrogen) atoms. The maximum absolute atomic E-state index is 13.5. The van der Waals surface area contributed by atoms with Gasteiger partial charge >= 0.3 is 0 Å². The minimum absolute atomic E-state index is 0.0971. The lowest BCUT2D eigenvalue weighted by molar-refractivity contribution is 0.270. The molecule has 1 saturated carbocycles. The number of hydrogen-bond acceptors (Lipinski definition) is 1. The largest absolute Gasteiger partial charge is 0.311 e. The third-order valence-corrected chi connectivity index (χ3v) is 4.95. The van der Waals surface area contributed by atoms with Crippen molar-refractivity contribution < 1.29 is 4.39 Å². The number of hydrogen-bond donors (Lipinski definition) is 1. The lowest BCUT2D eigenvalue weighted by Gasteiger charge is -2.35. The minimum atomic E-state index is -0.0971. The van der Waals surface area contributed by atoms with Crippen LogP contribution in [0.4, 0.5) is 4.39 Å². The highest BCUT2D eigenvalue weighted by molar-refractivity contribution is 5.29. The van der Waals surface area contributed by atoms with Crippen molar-refractivity contribution in [1.82, 2.24) is 5.32 Å². The van der Waals surface area contributed by atoms with Crippen LogP contribution in [0.1, 0.15) is 49.7 Å². The Morgan fingerprint density at radius 2 is 2.11 bits per heavy atom. The molecule has 2 aliphatic rings. The van der Waals surface area contributed by atoms with Crippen molar-refractivity contribution in [2.75, 3.05) is 6.54 Å². The first-order valence-corrected chi connectivity index (χ1v) is 7.70. The van der Waals surface area contributed by atoms with E-state index in [-0.39, 0.29) is 11.4 Å². The smallest absolute Gasteiger partial charge is 0.123 e. The van der Waals surface area contributed by atoms with Crippen LogP contribution in [-0.2, 0) is 6.42 Å². The van der Waals surface area contributed by atoms with Gasteiger partial charge in [0.05, 0.1) is 0 Å². The fourth-order valence-corrected chi connectivity index (χ4v) is 3.62. The highest BCUT2D eigenvalue weighted by atomic mass is 19.1. The molecule has 1 heterocycles. The predicted molar refractivity (Wildman–Crippen MR) is 76.8 cm³/mol. The Labute approximate surface area is 115 Å². The maximum Gasteiger partial charge on any atom is 0.123 e. The number of nitrogens with one attached hydrogen (secondary N) is 1. The van der Waals surface area contributed by atoms with E-state index in [1.165, 1.54) is 49.7 Å². The summed E-state index contributed by atoms with van der Waals surface area (Å²) in [7, 11) is 0. The summed E-state index contributed by atoms with van der Waals surface area (Å²) >= 11 is 0. The molecular formula is C17H24FN. The summed E-state index contributed by atoms with van der Waals surface area (Å²) in [4.78, 5) is 0. The molecule has 0 spiro atoms. The van der Waals surface area contributed by atoms with Gasteiger partial charge < -0.3 is 5.32 Å². The molecule has 1 aromatic rings. The normalized spacial score (nSPS) is 28.1. The summed E-state index contributed by atoms with van der Waals surface area (Å²) < 4.78 is 13.5. The zero-order valence-corrected chi connectivity index (χ0v) is 11.8. The molecule has 1 aliphatic heterocycles. The van der Waals surface area contributed by atoms with Crippen LogP contribution in [0.15, 0.2) is 18.2 Å². The number of aryl methyl sites for hydroxylation is 1. The van der Waals surface area contributed by atoms with E-state index in [1.54, 1.807) is 12.1 Å². The summed E-state index contributed by atoms with van der Waals surface area (Å²) in [6, 6.07) is 5.23. The molecule has 0 amide bonds. The zero-order chi connectivity index (χ0) is 13.3. The van der Waals surface area contributed by atoms with Crippen LogP contribution in [0.25, 0.3) is 0 Å². The molecular weight excluding hydrogens is 237 g/mol. The summed E-state index contributed by atoms with van der Waals surface area (Å²) in [5, 5.41) is 3.83. The van der Waals surface area contributed by atoms with Crippen molar-refractivity contribution in [3.8, 4) is 0 Å². The predicted octanol–water partition coefficient (Wildman–Crippen LogP) is 3.99. The molecule has 3 rings (SSSR count). The average molecular weight is 261 g/mol. The second kappa shape index (κ2) is 5.24. The average Bonchev–Trinajstić information content (AvgIpc) is 3.20. The summed E-state index contributed by atoms with van der Waals surface area (Å²) in [5.41, 5.74) is 2.67. The Balaban J connectivity index is 1.86.